The molecule has 0 aliphatic heterocycles. The normalized spacial score (nSPS) is 10.5. The summed E-state index contributed by atoms with van der Waals surface area (Å²) < 4.78 is 10.2. The van der Waals surface area contributed by atoms with Crippen LogP contribution >= 0.6 is 11.6 Å². The van der Waals surface area contributed by atoms with E-state index in [1.54, 1.807) is 0 Å². The second kappa shape index (κ2) is 4.14. The van der Waals surface area contributed by atoms with Gasteiger partial charge in [-0.15, -0.1) is 0 Å². The molecule has 0 amide bonds. The number of aromatic nitrogens is 2. The van der Waals surface area contributed by atoms with Crippen LogP contribution in [0.15, 0.2) is 15.7 Å². The maximum Gasteiger partial charge on any atom is 0.326 e. The molecule has 0 aliphatic carbocycles. The van der Waals surface area contributed by atoms with Gasteiger partial charge in [-0.1, -0.05) is 11.6 Å². The van der Waals surface area contributed by atoms with Crippen LogP contribution in [0.1, 0.15) is 0 Å². The Hall–Kier alpha value is -1.95. The maximum absolute atomic E-state index is 11.6. The lowest BCUT2D eigenvalue weighted by atomic mass is 10.2. The Kier molecular flexibility index (Phi) is 2.81. The summed E-state index contributed by atoms with van der Waals surface area (Å²) in [4.78, 5) is 27.4. The van der Waals surface area contributed by atoms with Crippen molar-refractivity contribution in [3.05, 3.63) is 31.9 Å². The zero-order valence-corrected chi connectivity index (χ0v) is 9.84. The highest BCUT2D eigenvalue weighted by Crippen LogP contribution is 2.39. The highest BCUT2D eigenvalue weighted by Gasteiger charge is 2.16. The molecule has 1 heterocycles. The Labute approximate surface area is 100 Å². The van der Waals surface area contributed by atoms with Crippen molar-refractivity contribution in [2.24, 2.45) is 0 Å². The van der Waals surface area contributed by atoms with E-state index in [1.807, 2.05) is 0 Å². The van der Waals surface area contributed by atoms with Gasteiger partial charge in [-0.05, 0) is 6.07 Å². The molecule has 0 saturated carbocycles. The summed E-state index contributed by atoms with van der Waals surface area (Å²) in [6, 6.07) is 1.41. The molecule has 0 unspecified atom stereocenters. The Morgan fingerprint density at radius 2 is 1.76 bits per heavy atom. The third kappa shape index (κ3) is 1.76. The van der Waals surface area contributed by atoms with Crippen molar-refractivity contribution in [3.8, 4) is 11.5 Å². The van der Waals surface area contributed by atoms with E-state index in [1.165, 1.54) is 20.3 Å². The summed E-state index contributed by atoms with van der Waals surface area (Å²) in [7, 11) is 2.81. The number of H-pyrrole nitrogens is 2. The summed E-state index contributed by atoms with van der Waals surface area (Å²) in [6.07, 6.45) is 0. The van der Waals surface area contributed by atoms with E-state index in [-0.39, 0.29) is 27.4 Å². The number of methoxy groups -OCH3 is 2. The van der Waals surface area contributed by atoms with Crippen LogP contribution in [0.4, 0.5) is 0 Å². The van der Waals surface area contributed by atoms with Gasteiger partial charge in [0, 0.05) is 0 Å². The van der Waals surface area contributed by atoms with Gasteiger partial charge in [0.05, 0.1) is 24.6 Å². The molecule has 7 heteroatoms. The fourth-order valence-electron chi connectivity index (χ4n) is 1.61. The van der Waals surface area contributed by atoms with Crippen molar-refractivity contribution in [2.75, 3.05) is 14.2 Å². The van der Waals surface area contributed by atoms with Crippen LogP contribution in [0.5, 0.6) is 11.5 Å². The van der Waals surface area contributed by atoms with Crippen molar-refractivity contribution in [1.29, 1.82) is 0 Å². The molecule has 0 radical (unpaired) electrons. The molecular formula is C10H9ClN2O4. The Morgan fingerprint density at radius 3 is 2.35 bits per heavy atom. The van der Waals surface area contributed by atoms with E-state index >= 15 is 0 Å². The van der Waals surface area contributed by atoms with Gasteiger partial charge in [0.1, 0.15) is 5.52 Å². The first-order valence-electron chi connectivity index (χ1n) is 4.65. The molecule has 6 nitrogen and oxygen atoms in total. The van der Waals surface area contributed by atoms with Crippen LogP contribution in [0.2, 0.25) is 5.02 Å². The number of aromatic amines is 2. The quantitative estimate of drug-likeness (QED) is 0.836. The number of hydrogen-bond donors (Lipinski definition) is 2. The van der Waals surface area contributed by atoms with E-state index in [9.17, 15) is 9.59 Å². The van der Waals surface area contributed by atoms with Gasteiger partial charge < -0.3 is 14.5 Å². The van der Waals surface area contributed by atoms with Crippen LogP contribution in [0, 0.1) is 0 Å². The zero-order valence-electron chi connectivity index (χ0n) is 9.09. The molecular weight excluding hydrogens is 248 g/mol. The van der Waals surface area contributed by atoms with Crippen molar-refractivity contribution in [2.45, 2.75) is 0 Å². The molecule has 2 aromatic rings. The Balaban J connectivity index is 3.04. The molecule has 0 aliphatic rings. The molecule has 0 saturated heterocycles. The summed E-state index contributed by atoms with van der Waals surface area (Å²) in [5, 5.41) is 0.460. The van der Waals surface area contributed by atoms with Gasteiger partial charge in [0.2, 0.25) is 0 Å². The lowest BCUT2D eigenvalue weighted by Gasteiger charge is -2.11. The molecule has 0 atom stereocenters. The first-order chi connectivity index (χ1) is 8.08. The fourth-order valence-corrected chi connectivity index (χ4v) is 1.88. The Morgan fingerprint density at radius 1 is 1.12 bits per heavy atom. The zero-order chi connectivity index (χ0) is 12.6. The number of halogens is 1. The van der Waals surface area contributed by atoms with Gasteiger partial charge in [0.25, 0.3) is 5.56 Å². The highest BCUT2D eigenvalue weighted by molar-refractivity contribution is 6.33. The fraction of sp³-hybridized carbons (Fsp3) is 0.200. The lowest BCUT2D eigenvalue weighted by molar-refractivity contribution is 0.358. The molecule has 1 aromatic heterocycles. The van der Waals surface area contributed by atoms with E-state index in [2.05, 4.69) is 9.97 Å². The molecule has 0 spiro atoms. The predicted molar refractivity (Wildman–Crippen MR) is 63.3 cm³/mol. The van der Waals surface area contributed by atoms with Crippen LogP contribution < -0.4 is 20.7 Å². The minimum Gasteiger partial charge on any atom is -0.491 e. The van der Waals surface area contributed by atoms with Crippen LogP contribution in [0.3, 0.4) is 0 Å². The lowest BCUT2D eigenvalue weighted by Crippen LogP contribution is -2.22. The molecule has 17 heavy (non-hydrogen) atoms. The van der Waals surface area contributed by atoms with Crippen molar-refractivity contribution < 1.29 is 9.47 Å². The topological polar surface area (TPSA) is 84.2 Å². The van der Waals surface area contributed by atoms with Crippen molar-refractivity contribution >= 4 is 22.5 Å². The molecule has 90 valence electrons. The Bertz CT molecular complexity index is 689. The number of ether oxygens (including phenoxy) is 2. The largest absolute Gasteiger partial charge is 0.491 e. The van der Waals surface area contributed by atoms with Crippen molar-refractivity contribution in [3.63, 3.8) is 0 Å². The van der Waals surface area contributed by atoms with E-state index in [4.69, 9.17) is 21.1 Å². The summed E-state index contributed by atoms with van der Waals surface area (Å²) in [5.74, 6) is 0.487. The smallest absolute Gasteiger partial charge is 0.326 e. The summed E-state index contributed by atoms with van der Waals surface area (Å²) in [6.45, 7) is 0. The molecule has 2 rings (SSSR count). The second-order valence-corrected chi connectivity index (χ2v) is 3.66. The highest BCUT2D eigenvalue weighted by atomic mass is 35.5. The molecule has 0 bridgehead atoms. The minimum atomic E-state index is -0.620. The average molecular weight is 257 g/mol. The monoisotopic (exact) mass is 256 g/mol. The molecule has 0 fully saturated rings. The van der Waals surface area contributed by atoms with E-state index < -0.39 is 11.2 Å². The predicted octanol–water partition coefficient (Wildman–Crippen LogP) is 0.887. The van der Waals surface area contributed by atoms with Gasteiger partial charge in [-0.3, -0.25) is 9.78 Å². The standard InChI is InChI=1S/C10H9ClN2O4/c1-16-7-5(11)3-4-6(8(7)17-2)12-10(15)13-9(4)14/h3H,1-2H3,(H2,12,13,14,15). The number of rotatable bonds is 2. The number of benzene rings is 1. The maximum atomic E-state index is 11.6. The van der Waals surface area contributed by atoms with E-state index in [0.717, 1.165) is 0 Å². The number of fused-ring (bicyclic) bond motifs is 1. The van der Waals surface area contributed by atoms with Crippen molar-refractivity contribution in [1.82, 2.24) is 9.97 Å². The SMILES string of the molecule is COc1c(Cl)cc2c(=O)[nH]c(=O)[nH]c2c1OC. The summed E-state index contributed by atoms with van der Waals surface area (Å²) >= 11 is 5.95. The van der Waals surface area contributed by atoms with E-state index in [0.29, 0.717) is 0 Å². The molecule has 1 aromatic carbocycles. The van der Waals surface area contributed by atoms with Gasteiger partial charge >= 0.3 is 5.69 Å². The first-order valence-corrected chi connectivity index (χ1v) is 5.03. The number of nitrogens with one attached hydrogen (secondary N) is 2. The third-order valence-corrected chi connectivity index (χ3v) is 2.59. The number of hydrogen-bond acceptors (Lipinski definition) is 4. The third-order valence-electron chi connectivity index (χ3n) is 2.31. The van der Waals surface area contributed by atoms with Crippen LogP contribution in [-0.4, -0.2) is 24.2 Å². The second-order valence-electron chi connectivity index (χ2n) is 3.26. The van der Waals surface area contributed by atoms with Gasteiger partial charge in [-0.2, -0.15) is 0 Å². The minimum absolute atomic E-state index is 0.221. The van der Waals surface area contributed by atoms with Gasteiger partial charge in [0.15, 0.2) is 11.5 Å². The van der Waals surface area contributed by atoms with Gasteiger partial charge in [-0.25, -0.2) is 4.79 Å². The average Bonchev–Trinajstić information content (AvgIpc) is 2.28. The molecule has 2 N–H and O–H groups in total. The van der Waals surface area contributed by atoms with Crippen LogP contribution in [-0.2, 0) is 0 Å². The first kappa shape index (κ1) is 11.5. The van der Waals surface area contributed by atoms with Crippen LogP contribution in [0.25, 0.3) is 10.9 Å². The summed E-state index contributed by atoms with van der Waals surface area (Å²) in [5.41, 5.74) is -0.903.